The van der Waals surface area contributed by atoms with Crippen LogP contribution in [0.15, 0.2) is 22.3 Å². The number of aromatic nitrogens is 1. The van der Waals surface area contributed by atoms with Crippen LogP contribution in [0.3, 0.4) is 0 Å². The Hall–Kier alpha value is -3.66. The molecule has 0 spiro atoms. The van der Waals surface area contributed by atoms with E-state index < -0.39 is 46.5 Å². The van der Waals surface area contributed by atoms with Gasteiger partial charge in [0.25, 0.3) is 11.8 Å². The number of carboxylic acid groups (broad SMARTS) is 1. The number of nitrogens with two attached hydrogens (primary N) is 1. The van der Waals surface area contributed by atoms with Crippen molar-refractivity contribution in [2.75, 3.05) is 32.2 Å². The molecule has 3 rings (SSSR count). The van der Waals surface area contributed by atoms with Crippen LogP contribution in [0.4, 0.5) is 9.93 Å². The van der Waals surface area contributed by atoms with Crippen LogP contribution >= 0.6 is 23.1 Å². The average Bonchev–Trinajstić information content (AvgIpc) is 3.20. The number of carboxylic acids is 1. The van der Waals surface area contributed by atoms with Crippen LogP contribution in [0.1, 0.15) is 12.6 Å². The second kappa shape index (κ2) is 9.68. The summed E-state index contributed by atoms with van der Waals surface area (Å²) in [7, 11) is 3.04. The number of nitrogens with one attached hydrogen (secondary N) is 1. The zero-order chi connectivity index (χ0) is 25.2. The Kier molecular flexibility index (Phi) is 7.11. The van der Waals surface area contributed by atoms with Crippen LogP contribution in [0, 0.1) is 0 Å². The van der Waals surface area contributed by atoms with Gasteiger partial charge in [-0.2, -0.15) is 0 Å². The highest BCUT2D eigenvalue weighted by atomic mass is 32.2. The fourth-order valence-electron chi connectivity index (χ4n) is 2.99. The largest absolute Gasteiger partial charge is 0.479 e. The quantitative estimate of drug-likeness (QED) is 0.139. The van der Waals surface area contributed by atoms with E-state index in [1.54, 1.807) is 0 Å². The first-order chi connectivity index (χ1) is 16.0. The molecule has 14 nitrogen and oxygen atoms in total. The second-order valence-corrected chi connectivity index (χ2v) is 9.23. The van der Waals surface area contributed by atoms with Crippen LogP contribution < -0.4 is 11.1 Å². The fraction of sp³-hybridized carbons (Fsp3) is 0.389. The number of rotatable bonds is 7. The van der Waals surface area contributed by atoms with Gasteiger partial charge in [-0.3, -0.25) is 9.59 Å². The monoisotopic (exact) mass is 512 g/mol. The number of nitrogen functional groups attached to an aromatic ring is 1. The molecule has 1 aromatic heterocycles. The lowest BCUT2D eigenvalue weighted by Crippen LogP contribution is -2.82. The van der Waals surface area contributed by atoms with Gasteiger partial charge in [0, 0.05) is 38.4 Å². The lowest BCUT2D eigenvalue weighted by atomic mass is 9.87. The van der Waals surface area contributed by atoms with Crippen LogP contribution in [0.2, 0.25) is 0 Å². The van der Waals surface area contributed by atoms with Crippen molar-refractivity contribution in [3.05, 3.63) is 22.8 Å². The van der Waals surface area contributed by atoms with Crippen molar-refractivity contribution in [1.82, 2.24) is 20.1 Å². The van der Waals surface area contributed by atoms with Gasteiger partial charge in [-0.05, 0) is 5.57 Å². The van der Waals surface area contributed by atoms with Crippen LogP contribution in [0.5, 0.6) is 0 Å². The highest BCUT2D eigenvalue weighted by Gasteiger charge is 2.68. The van der Waals surface area contributed by atoms with Gasteiger partial charge in [-0.1, -0.05) is 5.16 Å². The summed E-state index contributed by atoms with van der Waals surface area (Å²) in [6.07, 6.45) is 0.826. The number of amides is 3. The molecular weight excluding hydrogens is 492 g/mol. The SMILES string of the molecule is CC(=O)O/N=C(\C(=O)N[C@]1(C(=O)O)C(=O)N2C=C(COC(=O)N(C)C)CS[C@H]21)c1csc(N)n1. The van der Waals surface area contributed by atoms with Crippen LogP contribution in [-0.2, 0) is 28.8 Å². The van der Waals surface area contributed by atoms with E-state index in [9.17, 15) is 29.1 Å². The molecular formula is C18H20N6O8S2. The number of oxime groups is 1. The lowest BCUT2D eigenvalue weighted by Gasteiger charge is -2.53. The van der Waals surface area contributed by atoms with E-state index in [-0.39, 0.29) is 23.2 Å². The van der Waals surface area contributed by atoms with Gasteiger partial charge < -0.3 is 35.5 Å². The summed E-state index contributed by atoms with van der Waals surface area (Å²) >= 11 is 2.05. The fourth-order valence-corrected chi connectivity index (χ4v) is 4.89. The predicted molar refractivity (Wildman–Crippen MR) is 120 cm³/mol. The van der Waals surface area contributed by atoms with Gasteiger partial charge >= 0.3 is 18.0 Å². The number of carbonyl (C=O) groups is 5. The van der Waals surface area contributed by atoms with Crippen molar-refractivity contribution < 1.29 is 38.7 Å². The Balaban J connectivity index is 1.82. The van der Waals surface area contributed by atoms with E-state index in [1.165, 1.54) is 30.6 Å². The number of β-lactam (4-membered cyclic amide) rings is 1. The molecule has 3 heterocycles. The molecule has 0 unspecified atom stereocenters. The van der Waals surface area contributed by atoms with Gasteiger partial charge in [-0.15, -0.1) is 23.1 Å². The number of nitrogens with zero attached hydrogens (tertiary/aromatic N) is 4. The topological polar surface area (TPSA) is 194 Å². The molecule has 34 heavy (non-hydrogen) atoms. The first-order valence-corrected chi connectivity index (χ1v) is 11.4. The zero-order valence-corrected chi connectivity index (χ0v) is 19.8. The third kappa shape index (κ3) is 4.67. The molecule has 1 aromatic rings. The molecule has 2 aliphatic rings. The number of aliphatic carboxylic acids is 1. The number of thiazole rings is 1. The van der Waals surface area contributed by atoms with Gasteiger partial charge in [0.15, 0.2) is 10.8 Å². The number of ether oxygens (including phenoxy) is 1. The standard InChI is InChI=1S/C18H20N6O8S2/c1-8(25)32-22-11(10-7-34-16(19)20-10)12(26)21-18(15(28)29)13(27)24-4-9(6-33-14(18)24)5-31-17(30)23(2)3/h4,7,14H,5-6H2,1-3H3,(H2,19,20)(H,21,26)(H,28,29)/b22-11-/t14-,18+/m0/s1. The summed E-state index contributed by atoms with van der Waals surface area (Å²) in [5, 5.41) is 16.0. The van der Waals surface area contributed by atoms with E-state index in [0.717, 1.165) is 34.9 Å². The van der Waals surface area contributed by atoms with Crippen LogP contribution in [0.25, 0.3) is 0 Å². The van der Waals surface area contributed by atoms with Gasteiger partial charge in [0.1, 0.15) is 17.7 Å². The summed E-state index contributed by atoms with van der Waals surface area (Å²) < 4.78 is 5.09. The summed E-state index contributed by atoms with van der Waals surface area (Å²) in [5.41, 5.74) is 3.26. The third-order valence-corrected chi connectivity index (χ3v) is 6.69. The Labute approximate surface area is 200 Å². The van der Waals surface area contributed by atoms with Crippen molar-refractivity contribution in [1.29, 1.82) is 0 Å². The lowest BCUT2D eigenvalue weighted by molar-refractivity contribution is -0.169. The molecule has 2 aliphatic heterocycles. The molecule has 0 aromatic carbocycles. The van der Waals surface area contributed by atoms with E-state index in [4.69, 9.17) is 10.5 Å². The third-order valence-electron chi connectivity index (χ3n) is 4.58. The van der Waals surface area contributed by atoms with Crippen molar-refractivity contribution in [3.8, 4) is 0 Å². The summed E-state index contributed by atoms with van der Waals surface area (Å²) in [6, 6.07) is 0. The Morgan fingerprint density at radius 2 is 2.12 bits per heavy atom. The minimum atomic E-state index is -2.30. The first-order valence-electron chi connectivity index (χ1n) is 9.48. The second-order valence-electron chi connectivity index (χ2n) is 7.27. The number of fused-ring (bicyclic) bond motifs is 1. The predicted octanol–water partition coefficient (Wildman–Crippen LogP) is -0.571. The van der Waals surface area contributed by atoms with Gasteiger partial charge in [-0.25, -0.2) is 19.4 Å². The summed E-state index contributed by atoms with van der Waals surface area (Å²) in [6.45, 7) is 0.969. The van der Waals surface area contributed by atoms with E-state index in [1.807, 2.05) is 0 Å². The molecule has 2 atom stereocenters. The average molecular weight is 513 g/mol. The number of hydrogen-bond donors (Lipinski definition) is 3. The highest BCUT2D eigenvalue weighted by Crippen LogP contribution is 2.43. The highest BCUT2D eigenvalue weighted by molar-refractivity contribution is 8.00. The zero-order valence-electron chi connectivity index (χ0n) is 18.1. The van der Waals surface area contributed by atoms with Crippen molar-refractivity contribution in [2.24, 2.45) is 5.16 Å². The minimum absolute atomic E-state index is 0.0633. The number of thioether (sulfide) groups is 1. The number of carbonyl (C=O) groups excluding carboxylic acids is 4. The van der Waals surface area contributed by atoms with E-state index >= 15 is 0 Å². The molecule has 0 aliphatic carbocycles. The molecule has 182 valence electrons. The maximum absolute atomic E-state index is 13.0. The first kappa shape index (κ1) is 25.0. The Morgan fingerprint density at radius 1 is 1.41 bits per heavy atom. The smallest absolute Gasteiger partial charge is 0.409 e. The van der Waals surface area contributed by atoms with Crippen molar-refractivity contribution in [2.45, 2.75) is 17.8 Å². The number of hydrogen-bond acceptors (Lipinski definition) is 12. The Bertz CT molecular complexity index is 1120. The summed E-state index contributed by atoms with van der Waals surface area (Å²) in [4.78, 5) is 71.7. The molecule has 0 bridgehead atoms. The maximum Gasteiger partial charge on any atom is 0.409 e. The molecule has 1 saturated heterocycles. The van der Waals surface area contributed by atoms with Crippen molar-refractivity contribution >= 4 is 63.8 Å². The number of anilines is 1. The van der Waals surface area contributed by atoms with Crippen LogP contribution in [-0.4, -0.2) is 92.8 Å². The molecule has 0 saturated carbocycles. The Morgan fingerprint density at radius 3 is 2.68 bits per heavy atom. The van der Waals surface area contributed by atoms with Gasteiger partial charge in [0.05, 0.1) is 0 Å². The van der Waals surface area contributed by atoms with Crippen molar-refractivity contribution in [3.63, 3.8) is 0 Å². The molecule has 3 amide bonds. The summed E-state index contributed by atoms with van der Waals surface area (Å²) in [5.74, 6) is -4.18. The molecule has 0 radical (unpaired) electrons. The molecule has 4 N–H and O–H groups in total. The molecule has 16 heteroatoms. The van der Waals surface area contributed by atoms with E-state index in [2.05, 4.69) is 20.3 Å². The minimum Gasteiger partial charge on any atom is -0.479 e. The van der Waals surface area contributed by atoms with Gasteiger partial charge in [0.2, 0.25) is 5.54 Å². The normalized spacial score (nSPS) is 21.6. The molecule has 1 fully saturated rings. The van der Waals surface area contributed by atoms with E-state index in [0.29, 0.717) is 5.57 Å². The maximum atomic E-state index is 13.0.